The highest BCUT2D eigenvalue weighted by molar-refractivity contribution is 6.04. The van der Waals surface area contributed by atoms with Crippen LogP contribution in [0.3, 0.4) is 0 Å². The molecule has 0 spiro atoms. The highest BCUT2D eigenvalue weighted by Crippen LogP contribution is 2.35. The summed E-state index contributed by atoms with van der Waals surface area (Å²) in [6, 6.07) is 7.76. The summed E-state index contributed by atoms with van der Waals surface area (Å²) in [4.78, 5) is 21.8. The highest BCUT2D eigenvalue weighted by atomic mass is 19.4. The van der Waals surface area contributed by atoms with E-state index in [-0.39, 0.29) is 25.0 Å². The predicted octanol–water partition coefficient (Wildman–Crippen LogP) is 4.60. The van der Waals surface area contributed by atoms with Crippen LogP contribution in [0.4, 0.5) is 23.7 Å². The Morgan fingerprint density at radius 3 is 2.73 bits per heavy atom. The number of hydrogen-bond donors (Lipinski definition) is 3. The van der Waals surface area contributed by atoms with Gasteiger partial charge in [0.05, 0.1) is 30.3 Å². The smallest absolute Gasteiger partial charge is 0.405 e. The second kappa shape index (κ2) is 11.1. The van der Waals surface area contributed by atoms with Crippen LogP contribution < -0.4 is 15.4 Å². The molecular weight excluding hydrogens is 491 g/mol. The first-order chi connectivity index (χ1) is 17.6. The number of pyridine rings is 1. The van der Waals surface area contributed by atoms with Crippen LogP contribution in [0.2, 0.25) is 0 Å². The molecular formula is C25H28F3N5O4. The van der Waals surface area contributed by atoms with Crippen molar-refractivity contribution in [3.8, 4) is 17.0 Å². The Balaban J connectivity index is 1.64. The highest BCUT2D eigenvalue weighted by Gasteiger charge is 2.30. The minimum absolute atomic E-state index is 0.116. The topological polar surface area (TPSA) is 109 Å². The molecule has 12 heteroatoms. The third-order valence-corrected chi connectivity index (χ3v) is 5.40. The largest absolute Gasteiger partial charge is 0.491 e. The number of rotatable bonds is 10. The van der Waals surface area contributed by atoms with E-state index in [1.807, 2.05) is 36.6 Å². The molecule has 1 aliphatic carbocycles. The lowest BCUT2D eigenvalue weighted by atomic mass is 10.1. The number of imidazole rings is 1. The maximum absolute atomic E-state index is 12.5. The van der Waals surface area contributed by atoms with Crippen LogP contribution in [-0.2, 0) is 4.84 Å². The lowest BCUT2D eigenvalue weighted by Crippen LogP contribution is -2.36. The molecule has 0 saturated heterocycles. The Bertz CT molecular complexity index is 1290. The molecule has 3 aromatic rings. The molecule has 3 N–H and O–H groups in total. The van der Waals surface area contributed by atoms with E-state index in [4.69, 9.17) is 14.7 Å². The monoisotopic (exact) mass is 519 g/mol. The number of aliphatic hydroxyl groups is 1. The van der Waals surface area contributed by atoms with E-state index in [2.05, 4.69) is 15.5 Å². The first kappa shape index (κ1) is 26.3. The van der Waals surface area contributed by atoms with E-state index < -0.39 is 18.8 Å². The number of aromatic nitrogens is 2. The number of aliphatic hydroxyl groups excluding tert-OH is 1. The van der Waals surface area contributed by atoms with Crippen molar-refractivity contribution in [3.05, 3.63) is 48.3 Å². The summed E-state index contributed by atoms with van der Waals surface area (Å²) in [5.74, 6) is 0.743. The van der Waals surface area contributed by atoms with Crippen molar-refractivity contribution in [2.24, 2.45) is 11.1 Å². The van der Waals surface area contributed by atoms with Gasteiger partial charge in [-0.05, 0) is 51.0 Å². The van der Waals surface area contributed by atoms with Crippen molar-refractivity contribution < 1.29 is 32.6 Å². The number of fused-ring (bicyclic) bond motifs is 1. The number of anilines is 1. The summed E-state index contributed by atoms with van der Waals surface area (Å²) in [5, 5.41) is 17.4. The predicted molar refractivity (Wildman–Crippen MR) is 132 cm³/mol. The number of alkyl halides is 3. The summed E-state index contributed by atoms with van der Waals surface area (Å²) in [7, 11) is 0. The number of oxime groups is 1. The Morgan fingerprint density at radius 2 is 2.05 bits per heavy atom. The van der Waals surface area contributed by atoms with E-state index in [1.54, 1.807) is 29.7 Å². The molecule has 0 radical (unpaired) electrons. The van der Waals surface area contributed by atoms with Crippen LogP contribution in [-0.4, -0.2) is 58.3 Å². The molecule has 9 nitrogen and oxygen atoms in total. The fourth-order valence-electron chi connectivity index (χ4n) is 3.74. The second-order valence-corrected chi connectivity index (χ2v) is 8.93. The van der Waals surface area contributed by atoms with Crippen LogP contribution in [0.25, 0.3) is 16.9 Å². The molecule has 37 heavy (non-hydrogen) atoms. The van der Waals surface area contributed by atoms with Gasteiger partial charge in [0, 0.05) is 35.0 Å². The van der Waals surface area contributed by atoms with E-state index in [1.165, 1.54) is 0 Å². The van der Waals surface area contributed by atoms with E-state index in [0.29, 0.717) is 28.6 Å². The summed E-state index contributed by atoms with van der Waals surface area (Å²) in [6.07, 6.45) is 0.852. The lowest BCUT2D eigenvalue weighted by molar-refractivity contribution is -0.122. The van der Waals surface area contributed by atoms with Gasteiger partial charge in [0.15, 0.2) is 0 Å². The van der Waals surface area contributed by atoms with Gasteiger partial charge in [0.25, 0.3) is 0 Å². The van der Waals surface area contributed by atoms with Crippen LogP contribution in [0.1, 0.15) is 32.3 Å². The van der Waals surface area contributed by atoms with Gasteiger partial charge in [0.2, 0.25) is 0 Å². The van der Waals surface area contributed by atoms with Crippen molar-refractivity contribution in [1.82, 2.24) is 14.7 Å². The molecule has 2 amide bonds. The number of halogens is 3. The number of carbonyl (C=O) groups excluding carboxylic acids is 1. The van der Waals surface area contributed by atoms with Gasteiger partial charge < -0.3 is 25.3 Å². The summed E-state index contributed by atoms with van der Waals surface area (Å²) in [5.41, 5.74) is 3.93. The maximum Gasteiger partial charge on any atom is 0.405 e. The molecule has 0 unspecified atom stereocenters. The van der Waals surface area contributed by atoms with Gasteiger partial charge in [-0.2, -0.15) is 13.2 Å². The van der Waals surface area contributed by atoms with Gasteiger partial charge in [-0.15, -0.1) is 0 Å². The zero-order valence-corrected chi connectivity index (χ0v) is 20.4. The lowest BCUT2D eigenvalue weighted by Gasteiger charge is -2.15. The van der Waals surface area contributed by atoms with Crippen LogP contribution in [0.15, 0.2) is 47.9 Å². The molecule has 2 aromatic heterocycles. The van der Waals surface area contributed by atoms with E-state index >= 15 is 0 Å². The number of amides is 2. The number of urea groups is 1. The Labute approximate surface area is 211 Å². The standard InChI is InChI=1S/C25H28F3N5O4/c1-15(2)37-20-10-18(9-19(12-20)31-24(35)30-14-25(26,27)28)21-13-29-22-11-17(5-6-33(21)22)23(16-3-4-16)32-36-8-7-34/h5-6,9-13,15-16,34H,3-4,7-8,14H2,1-2H3,(H2,30,31,35). The summed E-state index contributed by atoms with van der Waals surface area (Å²) in [6.45, 7) is 2.24. The van der Waals surface area contributed by atoms with Gasteiger partial charge in [0.1, 0.15) is 24.5 Å². The van der Waals surface area contributed by atoms with Crippen molar-refractivity contribution in [3.63, 3.8) is 0 Å². The van der Waals surface area contributed by atoms with E-state index in [9.17, 15) is 18.0 Å². The fraction of sp³-hybridized carbons (Fsp3) is 0.400. The first-order valence-electron chi connectivity index (χ1n) is 11.8. The molecule has 198 valence electrons. The van der Waals surface area contributed by atoms with Crippen molar-refractivity contribution in [2.75, 3.05) is 25.1 Å². The van der Waals surface area contributed by atoms with E-state index in [0.717, 1.165) is 24.1 Å². The number of nitrogens with one attached hydrogen (secondary N) is 2. The SMILES string of the molecule is CC(C)Oc1cc(NC(=O)NCC(F)(F)F)cc(-c2cnc3cc(C(=NOCCO)C4CC4)ccn23)c1. The molecule has 4 rings (SSSR count). The normalized spacial score (nSPS) is 14.2. The number of hydrogen-bond acceptors (Lipinski definition) is 6. The number of carbonyl (C=O) groups is 1. The molecule has 1 aliphatic rings. The van der Waals surface area contributed by atoms with Gasteiger partial charge in [-0.25, -0.2) is 9.78 Å². The van der Waals surface area contributed by atoms with Crippen LogP contribution >= 0.6 is 0 Å². The average Bonchev–Trinajstić information content (AvgIpc) is 3.57. The third kappa shape index (κ3) is 7.13. The number of ether oxygens (including phenoxy) is 1. The maximum atomic E-state index is 12.5. The zero-order chi connectivity index (χ0) is 26.6. The third-order valence-electron chi connectivity index (χ3n) is 5.40. The minimum Gasteiger partial charge on any atom is -0.491 e. The molecule has 0 atom stereocenters. The fourth-order valence-corrected chi connectivity index (χ4v) is 3.74. The molecule has 1 aromatic carbocycles. The van der Waals surface area contributed by atoms with Crippen molar-refractivity contribution in [1.29, 1.82) is 0 Å². The Hall–Kier alpha value is -3.80. The Kier molecular flexibility index (Phi) is 7.86. The van der Waals surface area contributed by atoms with Crippen molar-refractivity contribution in [2.45, 2.75) is 39.0 Å². The van der Waals surface area contributed by atoms with Crippen LogP contribution in [0.5, 0.6) is 5.75 Å². The molecule has 0 aliphatic heterocycles. The van der Waals surface area contributed by atoms with Gasteiger partial charge in [-0.3, -0.25) is 4.40 Å². The van der Waals surface area contributed by atoms with Gasteiger partial charge >= 0.3 is 12.2 Å². The molecule has 1 saturated carbocycles. The quantitative estimate of drug-likeness (QED) is 0.206. The summed E-state index contributed by atoms with van der Waals surface area (Å²) >= 11 is 0. The molecule has 1 fully saturated rings. The minimum atomic E-state index is -4.52. The first-order valence-corrected chi connectivity index (χ1v) is 11.8. The Morgan fingerprint density at radius 1 is 1.27 bits per heavy atom. The molecule has 2 heterocycles. The number of nitrogens with zero attached hydrogens (tertiary/aromatic N) is 3. The second-order valence-electron chi connectivity index (χ2n) is 8.93. The molecule has 0 bridgehead atoms. The van der Waals surface area contributed by atoms with Gasteiger partial charge in [-0.1, -0.05) is 5.16 Å². The summed E-state index contributed by atoms with van der Waals surface area (Å²) < 4.78 is 45.1. The number of benzene rings is 1. The zero-order valence-electron chi connectivity index (χ0n) is 20.4. The van der Waals surface area contributed by atoms with Crippen LogP contribution in [0, 0.1) is 5.92 Å². The average molecular weight is 520 g/mol. The van der Waals surface area contributed by atoms with Crippen molar-refractivity contribution >= 4 is 23.1 Å².